The van der Waals surface area contributed by atoms with Gasteiger partial charge < -0.3 is 15.2 Å². The fourth-order valence-electron chi connectivity index (χ4n) is 1.90. The van der Waals surface area contributed by atoms with Gasteiger partial charge in [0.25, 0.3) is 0 Å². The van der Waals surface area contributed by atoms with Crippen LogP contribution < -0.4 is 15.2 Å². The average Bonchev–Trinajstić information content (AvgIpc) is 2.82. The van der Waals surface area contributed by atoms with Crippen molar-refractivity contribution in [3.63, 3.8) is 0 Å². The molecule has 0 saturated carbocycles. The molecule has 2 rings (SSSR count). The Balaban J connectivity index is 2.78. The highest BCUT2D eigenvalue weighted by Crippen LogP contribution is 2.46. The SMILES string of the molecule is COc1ccc(C(F)(F)F)c(-c2cc(N)n[nH]2)c1OC. The molecule has 0 atom stereocenters. The molecule has 0 aliphatic rings. The van der Waals surface area contributed by atoms with E-state index in [0.29, 0.717) is 0 Å². The molecule has 0 radical (unpaired) electrons. The minimum Gasteiger partial charge on any atom is -0.493 e. The van der Waals surface area contributed by atoms with Crippen molar-refractivity contribution in [1.29, 1.82) is 0 Å². The van der Waals surface area contributed by atoms with Gasteiger partial charge in [-0.2, -0.15) is 18.3 Å². The normalized spacial score (nSPS) is 11.4. The quantitative estimate of drug-likeness (QED) is 0.910. The number of rotatable bonds is 3. The number of H-pyrrole nitrogens is 1. The van der Waals surface area contributed by atoms with Crippen molar-refractivity contribution < 1.29 is 22.6 Å². The van der Waals surface area contributed by atoms with Gasteiger partial charge in [0.1, 0.15) is 5.82 Å². The lowest BCUT2D eigenvalue weighted by atomic mass is 10.0. The molecule has 3 N–H and O–H groups in total. The second-order valence-corrected chi connectivity index (χ2v) is 3.93. The summed E-state index contributed by atoms with van der Waals surface area (Å²) < 4.78 is 49.5. The van der Waals surface area contributed by atoms with Crippen LogP contribution in [0.4, 0.5) is 19.0 Å². The number of aromatic amines is 1. The molecule has 0 aliphatic heterocycles. The van der Waals surface area contributed by atoms with Crippen LogP contribution in [0.1, 0.15) is 5.56 Å². The molecule has 1 heterocycles. The monoisotopic (exact) mass is 287 g/mol. The van der Waals surface area contributed by atoms with Gasteiger partial charge in [0.15, 0.2) is 11.5 Å². The minimum absolute atomic E-state index is 0.0361. The Hall–Kier alpha value is -2.38. The van der Waals surface area contributed by atoms with Gasteiger partial charge in [-0.05, 0) is 12.1 Å². The Morgan fingerprint density at radius 1 is 1.20 bits per heavy atom. The first-order valence-electron chi connectivity index (χ1n) is 5.52. The molecule has 0 aliphatic carbocycles. The van der Waals surface area contributed by atoms with Gasteiger partial charge in [-0.15, -0.1) is 0 Å². The van der Waals surface area contributed by atoms with E-state index in [4.69, 9.17) is 15.2 Å². The summed E-state index contributed by atoms with van der Waals surface area (Å²) in [5, 5.41) is 6.09. The number of nitrogens with two attached hydrogens (primary N) is 1. The third-order valence-corrected chi connectivity index (χ3v) is 2.72. The summed E-state index contributed by atoms with van der Waals surface area (Å²) in [6.07, 6.45) is -4.55. The lowest BCUT2D eigenvalue weighted by Gasteiger charge is -2.17. The summed E-state index contributed by atoms with van der Waals surface area (Å²) in [7, 11) is 2.61. The number of methoxy groups -OCH3 is 2. The lowest BCUT2D eigenvalue weighted by Crippen LogP contribution is -2.09. The van der Waals surface area contributed by atoms with E-state index in [-0.39, 0.29) is 28.6 Å². The maximum absolute atomic E-state index is 13.1. The molecule has 0 unspecified atom stereocenters. The molecule has 1 aromatic carbocycles. The summed E-state index contributed by atoms with van der Waals surface area (Å²) in [5.74, 6) is 0.229. The molecule has 0 saturated heterocycles. The first-order valence-corrected chi connectivity index (χ1v) is 5.52. The van der Waals surface area contributed by atoms with Crippen molar-refractivity contribution in [2.45, 2.75) is 6.18 Å². The molecule has 1 aromatic heterocycles. The largest absolute Gasteiger partial charge is 0.493 e. The number of ether oxygens (including phenoxy) is 2. The molecule has 2 aromatic rings. The van der Waals surface area contributed by atoms with Crippen molar-refractivity contribution in [2.24, 2.45) is 0 Å². The Morgan fingerprint density at radius 2 is 1.90 bits per heavy atom. The van der Waals surface area contributed by atoms with Gasteiger partial charge in [-0.3, -0.25) is 5.10 Å². The van der Waals surface area contributed by atoms with Crippen LogP contribution in [-0.4, -0.2) is 24.4 Å². The fourth-order valence-corrected chi connectivity index (χ4v) is 1.90. The fraction of sp³-hybridized carbons (Fsp3) is 0.250. The van der Waals surface area contributed by atoms with Crippen molar-refractivity contribution in [2.75, 3.05) is 20.0 Å². The number of hydrogen-bond acceptors (Lipinski definition) is 4. The second kappa shape index (κ2) is 4.95. The molecule has 8 heteroatoms. The summed E-state index contributed by atoms with van der Waals surface area (Å²) in [6.45, 7) is 0. The number of nitrogens with one attached hydrogen (secondary N) is 1. The number of aromatic nitrogens is 2. The third-order valence-electron chi connectivity index (χ3n) is 2.72. The number of nitrogens with zero attached hydrogens (tertiary/aromatic N) is 1. The predicted octanol–water partition coefficient (Wildman–Crippen LogP) is 2.69. The summed E-state index contributed by atoms with van der Waals surface area (Å²) >= 11 is 0. The zero-order valence-electron chi connectivity index (χ0n) is 10.7. The summed E-state index contributed by atoms with van der Waals surface area (Å²) in [4.78, 5) is 0. The van der Waals surface area contributed by atoms with E-state index in [0.717, 1.165) is 6.07 Å². The van der Waals surface area contributed by atoms with Gasteiger partial charge >= 0.3 is 6.18 Å². The van der Waals surface area contributed by atoms with Crippen molar-refractivity contribution >= 4 is 5.82 Å². The van der Waals surface area contributed by atoms with Crippen LogP contribution in [0.25, 0.3) is 11.3 Å². The molecule has 0 spiro atoms. The van der Waals surface area contributed by atoms with Crippen LogP contribution >= 0.6 is 0 Å². The van der Waals surface area contributed by atoms with Crippen LogP contribution in [0, 0.1) is 0 Å². The van der Waals surface area contributed by atoms with Gasteiger partial charge in [0, 0.05) is 6.07 Å². The summed E-state index contributed by atoms with van der Waals surface area (Å²) in [5.41, 5.74) is 4.49. The Bertz CT molecular complexity index is 623. The zero-order valence-corrected chi connectivity index (χ0v) is 10.7. The van der Waals surface area contributed by atoms with Crippen molar-refractivity contribution in [3.05, 3.63) is 23.8 Å². The van der Waals surface area contributed by atoms with E-state index >= 15 is 0 Å². The number of benzene rings is 1. The summed E-state index contributed by atoms with van der Waals surface area (Å²) in [6, 6.07) is 3.42. The van der Waals surface area contributed by atoms with E-state index < -0.39 is 11.7 Å². The molecule has 5 nitrogen and oxygen atoms in total. The molecular weight excluding hydrogens is 275 g/mol. The predicted molar refractivity (Wildman–Crippen MR) is 66.5 cm³/mol. The number of halogens is 3. The topological polar surface area (TPSA) is 73.2 Å². The van der Waals surface area contributed by atoms with E-state index in [9.17, 15) is 13.2 Å². The van der Waals surface area contributed by atoms with Crippen LogP contribution in [0.15, 0.2) is 18.2 Å². The van der Waals surface area contributed by atoms with E-state index in [2.05, 4.69) is 10.2 Å². The van der Waals surface area contributed by atoms with Gasteiger partial charge in [-0.1, -0.05) is 0 Å². The maximum Gasteiger partial charge on any atom is 0.417 e. The van der Waals surface area contributed by atoms with Crippen LogP contribution in [0.3, 0.4) is 0 Å². The van der Waals surface area contributed by atoms with Crippen LogP contribution in [-0.2, 0) is 6.18 Å². The van der Waals surface area contributed by atoms with Crippen LogP contribution in [0.5, 0.6) is 11.5 Å². The number of anilines is 1. The molecule has 0 amide bonds. The Morgan fingerprint density at radius 3 is 2.35 bits per heavy atom. The molecule has 0 bridgehead atoms. The second-order valence-electron chi connectivity index (χ2n) is 3.93. The first kappa shape index (κ1) is 14.0. The number of hydrogen-bond donors (Lipinski definition) is 2. The van der Waals surface area contributed by atoms with Gasteiger partial charge in [0.2, 0.25) is 0 Å². The standard InChI is InChI=1S/C12H12F3N3O2/c1-19-8-4-3-6(12(13,14)15)10(11(8)20-2)7-5-9(16)18-17-7/h3-5H,1-2H3,(H3,16,17,18). The first-order chi connectivity index (χ1) is 9.38. The maximum atomic E-state index is 13.1. The van der Waals surface area contributed by atoms with E-state index in [1.54, 1.807) is 0 Å². The third kappa shape index (κ3) is 2.36. The van der Waals surface area contributed by atoms with Crippen LogP contribution in [0.2, 0.25) is 0 Å². The number of alkyl halides is 3. The molecule has 108 valence electrons. The Labute approximate surface area is 112 Å². The smallest absolute Gasteiger partial charge is 0.417 e. The average molecular weight is 287 g/mol. The lowest BCUT2D eigenvalue weighted by molar-refractivity contribution is -0.137. The minimum atomic E-state index is -4.55. The van der Waals surface area contributed by atoms with Gasteiger partial charge in [0.05, 0.1) is 31.0 Å². The highest BCUT2D eigenvalue weighted by atomic mass is 19.4. The van der Waals surface area contributed by atoms with E-state index in [1.807, 2.05) is 0 Å². The van der Waals surface area contributed by atoms with Crippen molar-refractivity contribution in [1.82, 2.24) is 10.2 Å². The van der Waals surface area contributed by atoms with E-state index in [1.165, 1.54) is 26.4 Å². The number of nitrogen functional groups attached to an aromatic ring is 1. The Kier molecular flexibility index (Phi) is 3.47. The highest BCUT2D eigenvalue weighted by molar-refractivity contribution is 5.76. The zero-order chi connectivity index (χ0) is 14.9. The highest BCUT2D eigenvalue weighted by Gasteiger charge is 2.36. The van der Waals surface area contributed by atoms with Crippen molar-refractivity contribution in [3.8, 4) is 22.8 Å². The molecule has 20 heavy (non-hydrogen) atoms. The molecule has 0 fully saturated rings. The van der Waals surface area contributed by atoms with Gasteiger partial charge in [-0.25, -0.2) is 0 Å². The molecular formula is C12H12F3N3O2.